The number of rotatable bonds is 4. The minimum absolute atomic E-state index is 0.0333. The van der Waals surface area contributed by atoms with Crippen molar-refractivity contribution < 1.29 is 14.3 Å². The van der Waals surface area contributed by atoms with Crippen LogP contribution in [0.15, 0.2) is 0 Å². The average molecular weight is 203 g/mol. The number of carboxylic acid groups (broad SMARTS) is 1. The van der Waals surface area contributed by atoms with Crippen LogP contribution in [0.2, 0.25) is 0 Å². The fourth-order valence-corrected chi connectivity index (χ4v) is 1.68. The summed E-state index contributed by atoms with van der Waals surface area (Å²) in [7, 11) is 0. The number of carboxylic acids is 1. The number of halogens is 1. The van der Waals surface area contributed by atoms with Gasteiger partial charge >= 0.3 is 5.97 Å². The van der Waals surface area contributed by atoms with Crippen LogP contribution >= 0.6 is 11.3 Å². The van der Waals surface area contributed by atoms with Crippen molar-refractivity contribution in [1.82, 2.24) is 4.98 Å². The summed E-state index contributed by atoms with van der Waals surface area (Å²) in [4.78, 5) is 14.2. The molecule has 1 heterocycles. The van der Waals surface area contributed by atoms with Crippen molar-refractivity contribution in [2.45, 2.75) is 26.2 Å². The molecular formula is C8H10FNO2S. The lowest BCUT2D eigenvalue weighted by molar-refractivity contribution is 0.0700. The minimum Gasteiger partial charge on any atom is -0.477 e. The molecule has 72 valence electrons. The zero-order chi connectivity index (χ0) is 9.84. The zero-order valence-corrected chi connectivity index (χ0v) is 8.03. The summed E-state index contributed by atoms with van der Waals surface area (Å²) < 4.78 is 12.6. The Bertz CT molecular complexity index is 311. The zero-order valence-electron chi connectivity index (χ0n) is 7.21. The van der Waals surface area contributed by atoms with E-state index in [1.54, 1.807) is 0 Å². The van der Waals surface area contributed by atoms with Crippen LogP contribution in [-0.2, 0) is 6.42 Å². The number of aryl methyl sites for hydroxylation is 1. The fraction of sp³-hybridized carbons (Fsp3) is 0.500. The van der Waals surface area contributed by atoms with E-state index in [0.29, 0.717) is 23.5 Å². The molecule has 0 bridgehead atoms. The first-order valence-corrected chi connectivity index (χ1v) is 4.85. The molecule has 13 heavy (non-hydrogen) atoms. The van der Waals surface area contributed by atoms with Gasteiger partial charge in [0.15, 0.2) is 0 Å². The average Bonchev–Trinajstić information content (AvgIpc) is 2.43. The van der Waals surface area contributed by atoms with Gasteiger partial charge in [0.25, 0.3) is 5.26 Å². The molecule has 3 nitrogen and oxygen atoms in total. The van der Waals surface area contributed by atoms with Crippen molar-refractivity contribution in [3.63, 3.8) is 0 Å². The smallest absolute Gasteiger partial charge is 0.347 e. The van der Waals surface area contributed by atoms with Crippen LogP contribution in [0.1, 0.15) is 35.1 Å². The van der Waals surface area contributed by atoms with Crippen molar-refractivity contribution in [1.29, 1.82) is 0 Å². The second kappa shape index (κ2) is 4.32. The van der Waals surface area contributed by atoms with Crippen molar-refractivity contribution in [2.24, 2.45) is 0 Å². The van der Waals surface area contributed by atoms with E-state index in [9.17, 15) is 9.18 Å². The highest BCUT2D eigenvalue weighted by Crippen LogP contribution is 2.18. The van der Waals surface area contributed by atoms with E-state index in [-0.39, 0.29) is 4.88 Å². The van der Waals surface area contributed by atoms with Gasteiger partial charge in [0.2, 0.25) is 0 Å². The molecule has 0 aliphatic rings. The molecule has 1 aromatic rings. The number of unbranched alkanes of at least 4 members (excludes halogenated alkanes) is 1. The number of nitrogens with zero attached hydrogens (tertiary/aromatic N) is 1. The molecule has 0 radical (unpaired) electrons. The summed E-state index contributed by atoms with van der Waals surface area (Å²) in [5, 5.41) is 8.02. The van der Waals surface area contributed by atoms with Crippen molar-refractivity contribution in [3.8, 4) is 0 Å². The van der Waals surface area contributed by atoms with E-state index in [2.05, 4.69) is 4.98 Å². The Morgan fingerprint density at radius 1 is 1.69 bits per heavy atom. The van der Waals surface area contributed by atoms with Crippen LogP contribution in [0.3, 0.4) is 0 Å². The van der Waals surface area contributed by atoms with Crippen LogP contribution in [0.5, 0.6) is 0 Å². The maximum absolute atomic E-state index is 12.6. The fourth-order valence-electron chi connectivity index (χ4n) is 1.00. The third-order valence-corrected chi connectivity index (χ3v) is 2.51. The molecule has 1 aromatic heterocycles. The molecule has 1 N–H and O–H groups in total. The first kappa shape index (κ1) is 10.1. The van der Waals surface area contributed by atoms with Gasteiger partial charge in [-0.3, -0.25) is 0 Å². The number of aromatic nitrogens is 1. The Balaban J connectivity index is 2.84. The minimum atomic E-state index is -1.09. The second-order valence-electron chi connectivity index (χ2n) is 2.65. The quantitative estimate of drug-likeness (QED) is 0.817. The monoisotopic (exact) mass is 203 g/mol. The summed E-state index contributed by atoms with van der Waals surface area (Å²) >= 11 is 0.596. The molecule has 0 fully saturated rings. The standard InChI is InChI=1S/C8H10FNO2S/c1-2-3-4-5-6(7(11)12)13-8(9)10-5/h2-4H2,1H3,(H,11,12). The van der Waals surface area contributed by atoms with E-state index >= 15 is 0 Å². The maximum atomic E-state index is 12.6. The van der Waals surface area contributed by atoms with E-state index in [1.807, 2.05) is 6.92 Å². The van der Waals surface area contributed by atoms with Gasteiger partial charge in [0, 0.05) is 0 Å². The van der Waals surface area contributed by atoms with Gasteiger partial charge in [-0.05, 0) is 12.8 Å². The van der Waals surface area contributed by atoms with E-state index < -0.39 is 11.2 Å². The molecule has 0 saturated heterocycles. The molecule has 0 aromatic carbocycles. The molecule has 0 unspecified atom stereocenters. The van der Waals surface area contributed by atoms with Crippen molar-refractivity contribution in [3.05, 3.63) is 15.8 Å². The molecule has 0 spiro atoms. The van der Waals surface area contributed by atoms with Crippen LogP contribution in [0, 0.1) is 5.26 Å². The summed E-state index contributed by atoms with van der Waals surface area (Å²) in [5.41, 5.74) is 0.372. The Kier molecular flexibility index (Phi) is 3.36. The van der Waals surface area contributed by atoms with Crippen LogP contribution in [-0.4, -0.2) is 16.1 Å². The summed E-state index contributed by atoms with van der Waals surface area (Å²) in [6.45, 7) is 1.99. The Labute approximate surface area is 79.2 Å². The molecule has 5 heteroatoms. The van der Waals surface area contributed by atoms with Crippen LogP contribution < -0.4 is 0 Å². The Morgan fingerprint density at radius 2 is 2.38 bits per heavy atom. The molecular weight excluding hydrogens is 193 g/mol. The van der Waals surface area contributed by atoms with Gasteiger partial charge in [-0.25, -0.2) is 9.78 Å². The summed E-state index contributed by atoms with van der Waals surface area (Å²) in [5.74, 6) is -1.09. The number of hydrogen-bond donors (Lipinski definition) is 1. The number of hydrogen-bond acceptors (Lipinski definition) is 3. The number of carbonyl (C=O) groups is 1. The third-order valence-electron chi connectivity index (χ3n) is 1.63. The van der Waals surface area contributed by atoms with Crippen molar-refractivity contribution >= 4 is 17.3 Å². The SMILES string of the molecule is CCCCc1nc(F)sc1C(=O)O. The molecule has 0 atom stereocenters. The van der Waals surface area contributed by atoms with E-state index in [0.717, 1.165) is 12.8 Å². The Hall–Kier alpha value is -0.970. The highest BCUT2D eigenvalue weighted by Gasteiger charge is 2.16. The third kappa shape index (κ3) is 2.48. The highest BCUT2D eigenvalue weighted by atomic mass is 32.1. The van der Waals surface area contributed by atoms with Gasteiger partial charge in [-0.15, -0.1) is 0 Å². The predicted octanol–water partition coefficient (Wildman–Crippen LogP) is 2.32. The lowest BCUT2D eigenvalue weighted by Crippen LogP contribution is -1.98. The van der Waals surface area contributed by atoms with E-state index in [1.165, 1.54) is 0 Å². The number of aromatic carboxylic acids is 1. The molecule has 0 saturated carbocycles. The molecule has 1 rings (SSSR count). The lowest BCUT2D eigenvalue weighted by atomic mass is 10.2. The van der Waals surface area contributed by atoms with Gasteiger partial charge in [-0.2, -0.15) is 4.39 Å². The molecule has 0 aliphatic heterocycles. The first-order chi connectivity index (χ1) is 6.15. The van der Waals surface area contributed by atoms with Gasteiger partial charge < -0.3 is 5.11 Å². The molecule has 0 aliphatic carbocycles. The summed E-state index contributed by atoms with van der Waals surface area (Å²) in [6.07, 6.45) is 2.32. The maximum Gasteiger partial charge on any atom is 0.347 e. The van der Waals surface area contributed by atoms with Crippen molar-refractivity contribution in [2.75, 3.05) is 0 Å². The normalized spacial score (nSPS) is 10.3. The van der Waals surface area contributed by atoms with Gasteiger partial charge in [-0.1, -0.05) is 24.7 Å². The first-order valence-electron chi connectivity index (χ1n) is 4.03. The largest absolute Gasteiger partial charge is 0.477 e. The predicted molar refractivity (Wildman–Crippen MR) is 47.6 cm³/mol. The summed E-state index contributed by atoms with van der Waals surface area (Å²) in [6, 6.07) is 0. The molecule has 0 amide bonds. The van der Waals surface area contributed by atoms with Gasteiger partial charge in [0.05, 0.1) is 5.69 Å². The van der Waals surface area contributed by atoms with Crippen LogP contribution in [0.25, 0.3) is 0 Å². The van der Waals surface area contributed by atoms with Gasteiger partial charge in [0.1, 0.15) is 4.88 Å². The number of thiazole rings is 1. The van der Waals surface area contributed by atoms with Crippen LogP contribution in [0.4, 0.5) is 4.39 Å². The Morgan fingerprint density at radius 3 is 2.92 bits per heavy atom. The van der Waals surface area contributed by atoms with E-state index in [4.69, 9.17) is 5.11 Å². The highest BCUT2D eigenvalue weighted by molar-refractivity contribution is 7.12. The topological polar surface area (TPSA) is 50.2 Å². The lowest BCUT2D eigenvalue weighted by Gasteiger charge is -1.94. The second-order valence-corrected chi connectivity index (χ2v) is 3.60.